The van der Waals surface area contributed by atoms with Gasteiger partial charge in [-0.2, -0.15) is 0 Å². The minimum absolute atomic E-state index is 0.0715. The molecule has 0 bridgehead atoms. The van der Waals surface area contributed by atoms with Crippen LogP contribution in [0.15, 0.2) is 24.3 Å². The molecular formula is C25H39N3O5. The van der Waals surface area contributed by atoms with Crippen LogP contribution in [0.3, 0.4) is 0 Å². The molecule has 0 radical (unpaired) electrons. The lowest BCUT2D eigenvalue weighted by atomic mass is 10.0. The van der Waals surface area contributed by atoms with Gasteiger partial charge >= 0.3 is 6.09 Å². The first-order valence-electron chi connectivity index (χ1n) is 11.2. The summed E-state index contributed by atoms with van der Waals surface area (Å²) >= 11 is 0. The molecule has 0 saturated heterocycles. The number of nitrogens with zero attached hydrogens (tertiary/aromatic N) is 1. The Hall–Kier alpha value is -2.90. The topological polar surface area (TPSA) is 105 Å². The van der Waals surface area contributed by atoms with Crippen molar-refractivity contribution in [2.24, 2.45) is 5.92 Å². The number of ether oxygens (including phenoxy) is 1. The van der Waals surface area contributed by atoms with E-state index < -0.39 is 29.2 Å². The average molecular weight is 462 g/mol. The lowest BCUT2D eigenvalue weighted by molar-refractivity contribution is -0.125. The highest BCUT2D eigenvalue weighted by Crippen LogP contribution is 2.23. The molecule has 1 aromatic rings. The minimum atomic E-state index is -0.942. The number of nitrogens with one attached hydrogen (secondary N) is 2. The number of rotatable bonds is 8. The predicted octanol–water partition coefficient (Wildman–Crippen LogP) is 4.08. The molecule has 0 heterocycles. The summed E-state index contributed by atoms with van der Waals surface area (Å²) in [5.41, 5.74) is -0.602. The Balaban J connectivity index is 3.40. The maximum Gasteiger partial charge on any atom is 0.408 e. The van der Waals surface area contributed by atoms with Crippen LogP contribution in [0, 0.1) is 5.92 Å². The molecule has 1 atom stereocenters. The molecule has 0 aromatic heterocycles. The summed E-state index contributed by atoms with van der Waals surface area (Å²) < 4.78 is 5.34. The summed E-state index contributed by atoms with van der Waals surface area (Å²) in [7, 11) is 0. The summed E-state index contributed by atoms with van der Waals surface area (Å²) in [5, 5.41) is 5.50. The lowest BCUT2D eigenvalue weighted by Crippen LogP contribution is -2.54. The molecule has 0 unspecified atom stereocenters. The first-order chi connectivity index (χ1) is 15.0. The van der Waals surface area contributed by atoms with Gasteiger partial charge in [-0.05, 0) is 72.9 Å². The number of hydrogen-bond acceptors (Lipinski definition) is 5. The number of alkyl carbamates (subject to hydrolysis) is 1. The van der Waals surface area contributed by atoms with E-state index in [0.29, 0.717) is 17.7 Å². The van der Waals surface area contributed by atoms with Crippen molar-refractivity contribution in [3.05, 3.63) is 29.8 Å². The summed E-state index contributed by atoms with van der Waals surface area (Å²) in [6.07, 6.45) is -0.391. The Kier molecular flexibility index (Phi) is 9.63. The van der Waals surface area contributed by atoms with Crippen molar-refractivity contribution < 1.29 is 23.9 Å². The third kappa shape index (κ3) is 10.1. The van der Waals surface area contributed by atoms with Crippen molar-refractivity contribution >= 4 is 29.4 Å². The van der Waals surface area contributed by atoms with E-state index in [1.807, 2.05) is 34.6 Å². The van der Waals surface area contributed by atoms with E-state index in [1.165, 1.54) is 11.8 Å². The lowest BCUT2D eigenvalue weighted by Gasteiger charge is -2.31. The van der Waals surface area contributed by atoms with Crippen molar-refractivity contribution in [2.45, 2.75) is 85.9 Å². The van der Waals surface area contributed by atoms with Gasteiger partial charge in [-0.3, -0.25) is 14.4 Å². The molecule has 0 aliphatic heterocycles. The average Bonchev–Trinajstić information content (AvgIpc) is 2.61. The molecule has 33 heavy (non-hydrogen) atoms. The number of benzene rings is 1. The molecule has 184 valence electrons. The van der Waals surface area contributed by atoms with E-state index in [4.69, 9.17) is 4.74 Å². The van der Waals surface area contributed by atoms with Crippen molar-refractivity contribution in [3.8, 4) is 0 Å². The Morgan fingerprint density at radius 2 is 1.58 bits per heavy atom. The van der Waals surface area contributed by atoms with Crippen LogP contribution in [-0.2, 0) is 14.3 Å². The fourth-order valence-electron chi connectivity index (χ4n) is 3.22. The standard InChI is InChI=1S/C25H39N3O5/c1-16(2)14-19(26-23(32)33-25(7,8)9)22(31)28(15-21(30)27-24(4,5)6)20-13-11-10-12-18(20)17(3)29/h10-13,16,19H,14-15H2,1-9H3,(H,26,32)(H,27,30)/t19-/m0/s1. The summed E-state index contributed by atoms with van der Waals surface area (Å²) in [6, 6.07) is 5.69. The van der Waals surface area contributed by atoms with Crippen molar-refractivity contribution in [1.29, 1.82) is 0 Å². The van der Waals surface area contributed by atoms with Gasteiger partial charge in [0, 0.05) is 11.1 Å². The van der Waals surface area contributed by atoms with Crippen LogP contribution in [0.4, 0.5) is 10.5 Å². The molecule has 2 N–H and O–H groups in total. The molecule has 1 aromatic carbocycles. The normalized spacial score (nSPS) is 12.7. The molecule has 8 heteroatoms. The minimum Gasteiger partial charge on any atom is -0.444 e. The maximum atomic E-state index is 13.7. The van der Waals surface area contributed by atoms with Gasteiger partial charge in [0.2, 0.25) is 11.8 Å². The number of carbonyl (C=O) groups excluding carboxylic acids is 4. The van der Waals surface area contributed by atoms with Gasteiger partial charge in [0.05, 0.1) is 5.69 Å². The first kappa shape index (κ1) is 28.1. The molecule has 0 saturated carbocycles. The van der Waals surface area contributed by atoms with Crippen LogP contribution in [-0.4, -0.2) is 47.4 Å². The number of hydrogen-bond donors (Lipinski definition) is 2. The maximum absolute atomic E-state index is 13.7. The van der Waals surface area contributed by atoms with Gasteiger partial charge in [0.1, 0.15) is 18.2 Å². The Morgan fingerprint density at radius 1 is 1.00 bits per heavy atom. The van der Waals surface area contributed by atoms with Gasteiger partial charge in [-0.1, -0.05) is 26.0 Å². The van der Waals surface area contributed by atoms with Crippen molar-refractivity contribution in [1.82, 2.24) is 10.6 Å². The first-order valence-corrected chi connectivity index (χ1v) is 11.2. The number of ketones is 1. The molecule has 8 nitrogen and oxygen atoms in total. The third-order valence-corrected chi connectivity index (χ3v) is 4.35. The van der Waals surface area contributed by atoms with E-state index in [-0.39, 0.29) is 24.2 Å². The van der Waals surface area contributed by atoms with Gasteiger partial charge < -0.3 is 20.3 Å². The zero-order valence-corrected chi connectivity index (χ0v) is 21.4. The monoisotopic (exact) mass is 461 g/mol. The molecule has 1 rings (SSSR count). The molecule has 3 amide bonds. The van der Waals surface area contributed by atoms with Crippen LogP contribution in [0.25, 0.3) is 0 Å². The number of Topliss-reactive ketones (excluding diaryl/α,β-unsaturated/α-hetero) is 1. The molecule has 0 aliphatic carbocycles. The molecular weight excluding hydrogens is 422 g/mol. The Bertz CT molecular complexity index is 866. The number of anilines is 1. The smallest absolute Gasteiger partial charge is 0.408 e. The molecule has 0 spiro atoms. The SMILES string of the molecule is CC(=O)c1ccccc1N(CC(=O)NC(C)(C)C)C(=O)[C@H](CC(C)C)NC(=O)OC(C)(C)C. The number of para-hydroxylation sites is 1. The van der Waals surface area contributed by atoms with E-state index in [2.05, 4.69) is 10.6 Å². The fourth-order valence-corrected chi connectivity index (χ4v) is 3.22. The van der Waals surface area contributed by atoms with Gasteiger partial charge in [0.25, 0.3) is 0 Å². The number of amides is 3. The highest BCUT2D eigenvalue weighted by Gasteiger charge is 2.32. The van der Waals surface area contributed by atoms with Gasteiger partial charge in [-0.15, -0.1) is 0 Å². The summed E-state index contributed by atoms with van der Waals surface area (Å²) in [4.78, 5) is 52.5. The predicted molar refractivity (Wildman–Crippen MR) is 129 cm³/mol. The zero-order valence-electron chi connectivity index (χ0n) is 21.4. The largest absolute Gasteiger partial charge is 0.444 e. The highest BCUT2D eigenvalue weighted by molar-refractivity contribution is 6.08. The second-order valence-corrected chi connectivity index (χ2v) is 10.6. The summed E-state index contributed by atoms with van der Waals surface area (Å²) in [6.45, 7) is 15.7. The Labute approximate surface area is 197 Å². The Morgan fingerprint density at radius 3 is 2.06 bits per heavy atom. The van der Waals surface area contributed by atoms with Gasteiger partial charge in [0.15, 0.2) is 5.78 Å². The fraction of sp³-hybridized carbons (Fsp3) is 0.600. The number of carbonyl (C=O) groups is 4. The zero-order chi connectivity index (χ0) is 25.6. The van der Waals surface area contributed by atoms with E-state index in [1.54, 1.807) is 45.0 Å². The van der Waals surface area contributed by atoms with E-state index in [9.17, 15) is 19.2 Å². The highest BCUT2D eigenvalue weighted by atomic mass is 16.6. The van der Waals surface area contributed by atoms with Crippen LogP contribution in [0.2, 0.25) is 0 Å². The van der Waals surface area contributed by atoms with Crippen LogP contribution < -0.4 is 15.5 Å². The van der Waals surface area contributed by atoms with Crippen molar-refractivity contribution in [3.63, 3.8) is 0 Å². The van der Waals surface area contributed by atoms with Crippen molar-refractivity contribution in [2.75, 3.05) is 11.4 Å². The van der Waals surface area contributed by atoms with Crippen LogP contribution in [0.1, 0.15) is 79.1 Å². The quantitative estimate of drug-likeness (QED) is 0.568. The van der Waals surface area contributed by atoms with E-state index >= 15 is 0 Å². The second-order valence-electron chi connectivity index (χ2n) is 10.6. The summed E-state index contributed by atoms with van der Waals surface area (Å²) in [5.74, 6) is -1.04. The molecule has 0 fully saturated rings. The third-order valence-electron chi connectivity index (χ3n) is 4.35. The van der Waals surface area contributed by atoms with Crippen LogP contribution >= 0.6 is 0 Å². The van der Waals surface area contributed by atoms with Crippen LogP contribution in [0.5, 0.6) is 0 Å². The molecule has 0 aliphatic rings. The van der Waals surface area contributed by atoms with E-state index in [0.717, 1.165) is 0 Å². The second kappa shape index (κ2) is 11.3. The van der Waals surface area contributed by atoms with Gasteiger partial charge in [-0.25, -0.2) is 4.79 Å².